The Balaban J connectivity index is 2.02. The molecule has 0 bridgehead atoms. The van der Waals surface area contributed by atoms with Crippen LogP contribution in [0, 0.1) is 11.8 Å². The molecule has 0 aliphatic heterocycles. The Bertz CT molecular complexity index is 523. The van der Waals surface area contributed by atoms with E-state index >= 15 is 0 Å². The van der Waals surface area contributed by atoms with Gasteiger partial charge in [-0.1, -0.05) is 6.92 Å². The minimum Gasteiger partial charge on any atom is -0.497 e. The number of ketones is 1. The summed E-state index contributed by atoms with van der Waals surface area (Å²) in [6.45, 7) is 1.71. The highest BCUT2D eigenvalue weighted by Crippen LogP contribution is 2.38. The topological polar surface area (TPSA) is 61.8 Å². The summed E-state index contributed by atoms with van der Waals surface area (Å²) in [5.41, 5.74) is 0.350. The van der Waals surface area contributed by atoms with E-state index in [1.807, 2.05) is 6.92 Å². The van der Waals surface area contributed by atoms with Gasteiger partial charge < -0.3 is 14.2 Å². The molecule has 0 spiro atoms. The van der Waals surface area contributed by atoms with Gasteiger partial charge in [0.05, 0.1) is 25.7 Å². The molecule has 0 saturated heterocycles. The summed E-state index contributed by atoms with van der Waals surface area (Å²) < 4.78 is 15.3. The maximum Gasteiger partial charge on any atom is 0.309 e. The standard InChI is InChI=1S/C15H18O5/c1-9-6-11(9)15(17)20-8-13(16)12-7-10(18-2)4-5-14(12)19-3/h4-5,7,9,11H,6,8H2,1-3H3. The number of esters is 1. The zero-order chi connectivity index (χ0) is 14.7. The van der Waals surface area contributed by atoms with E-state index in [2.05, 4.69) is 0 Å². The predicted octanol–water partition coefficient (Wildman–Crippen LogP) is 2.09. The summed E-state index contributed by atoms with van der Waals surface area (Å²) in [4.78, 5) is 23.7. The molecule has 1 fully saturated rings. The van der Waals surface area contributed by atoms with Crippen molar-refractivity contribution in [3.05, 3.63) is 23.8 Å². The van der Waals surface area contributed by atoms with Crippen LogP contribution < -0.4 is 9.47 Å². The molecule has 0 heterocycles. The van der Waals surface area contributed by atoms with Gasteiger partial charge in [-0.15, -0.1) is 0 Å². The molecule has 1 aliphatic rings. The van der Waals surface area contributed by atoms with E-state index in [-0.39, 0.29) is 24.3 Å². The van der Waals surface area contributed by atoms with Gasteiger partial charge in [-0.25, -0.2) is 0 Å². The average Bonchev–Trinajstić information content (AvgIpc) is 3.20. The molecule has 1 aromatic carbocycles. The van der Waals surface area contributed by atoms with Gasteiger partial charge in [-0.2, -0.15) is 0 Å². The van der Waals surface area contributed by atoms with E-state index in [0.29, 0.717) is 23.0 Å². The summed E-state index contributed by atoms with van der Waals surface area (Å²) >= 11 is 0. The van der Waals surface area contributed by atoms with Crippen LogP contribution in [-0.4, -0.2) is 32.6 Å². The molecule has 20 heavy (non-hydrogen) atoms. The van der Waals surface area contributed by atoms with E-state index < -0.39 is 0 Å². The van der Waals surface area contributed by atoms with Crippen LogP contribution in [-0.2, 0) is 9.53 Å². The molecule has 1 saturated carbocycles. The molecule has 2 atom stereocenters. The molecule has 2 unspecified atom stereocenters. The lowest BCUT2D eigenvalue weighted by atomic mass is 10.1. The number of hydrogen-bond donors (Lipinski definition) is 0. The first-order valence-electron chi connectivity index (χ1n) is 6.48. The Morgan fingerprint density at radius 1 is 1.25 bits per heavy atom. The number of carbonyl (C=O) groups is 2. The maximum atomic E-state index is 12.1. The fourth-order valence-electron chi connectivity index (χ4n) is 2.00. The van der Waals surface area contributed by atoms with Crippen LogP contribution in [0.2, 0.25) is 0 Å². The highest BCUT2D eigenvalue weighted by Gasteiger charge is 2.40. The van der Waals surface area contributed by atoms with E-state index in [1.165, 1.54) is 14.2 Å². The molecule has 0 radical (unpaired) electrons. The molecule has 5 nitrogen and oxygen atoms in total. The smallest absolute Gasteiger partial charge is 0.309 e. The SMILES string of the molecule is COc1ccc(OC)c(C(=O)COC(=O)C2CC2C)c1. The van der Waals surface area contributed by atoms with E-state index in [9.17, 15) is 9.59 Å². The number of methoxy groups -OCH3 is 2. The van der Waals surface area contributed by atoms with Gasteiger partial charge in [0.2, 0.25) is 5.78 Å². The minimum atomic E-state index is -0.303. The second-order valence-electron chi connectivity index (χ2n) is 4.92. The van der Waals surface area contributed by atoms with Crippen molar-refractivity contribution in [1.29, 1.82) is 0 Å². The van der Waals surface area contributed by atoms with Crippen LogP contribution in [0.3, 0.4) is 0 Å². The van der Waals surface area contributed by atoms with Crippen LogP contribution in [0.5, 0.6) is 11.5 Å². The first-order valence-corrected chi connectivity index (χ1v) is 6.48. The third-order valence-electron chi connectivity index (χ3n) is 3.46. The van der Waals surface area contributed by atoms with Crippen LogP contribution in [0.25, 0.3) is 0 Å². The van der Waals surface area contributed by atoms with Gasteiger partial charge in [0.1, 0.15) is 11.5 Å². The van der Waals surface area contributed by atoms with Gasteiger partial charge in [-0.3, -0.25) is 9.59 Å². The van der Waals surface area contributed by atoms with E-state index in [1.54, 1.807) is 18.2 Å². The summed E-state index contributed by atoms with van der Waals surface area (Å²) in [7, 11) is 3.00. The van der Waals surface area contributed by atoms with Crippen molar-refractivity contribution in [2.75, 3.05) is 20.8 Å². The van der Waals surface area contributed by atoms with Crippen molar-refractivity contribution in [3.8, 4) is 11.5 Å². The van der Waals surface area contributed by atoms with Crippen LogP contribution in [0.4, 0.5) is 0 Å². The van der Waals surface area contributed by atoms with Crippen LogP contribution in [0.1, 0.15) is 23.7 Å². The first-order chi connectivity index (χ1) is 9.56. The average molecular weight is 278 g/mol. The third-order valence-corrected chi connectivity index (χ3v) is 3.46. The summed E-state index contributed by atoms with van der Waals surface area (Å²) in [5.74, 6) is 0.706. The lowest BCUT2D eigenvalue weighted by Crippen LogP contribution is -2.16. The normalized spacial score (nSPS) is 20.1. The zero-order valence-corrected chi connectivity index (χ0v) is 11.8. The summed E-state index contributed by atoms with van der Waals surface area (Å²) in [5, 5.41) is 0. The molecular formula is C15H18O5. The van der Waals surface area contributed by atoms with Crippen molar-refractivity contribution in [3.63, 3.8) is 0 Å². The predicted molar refractivity (Wildman–Crippen MR) is 72.1 cm³/mol. The van der Waals surface area contributed by atoms with Crippen molar-refractivity contribution in [2.45, 2.75) is 13.3 Å². The van der Waals surface area contributed by atoms with Gasteiger partial charge in [0, 0.05) is 0 Å². The van der Waals surface area contributed by atoms with Crippen molar-refractivity contribution >= 4 is 11.8 Å². The Labute approximate surface area is 117 Å². The molecule has 2 rings (SSSR count). The van der Waals surface area contributed by atoms with Gasteiger partial charge in [0.15, 0.2) is 6.61 Å². The van der Waals surface area contributed by atoms with E-state index in [4.69, 9.17) is 14.2 Å². The molecule has 0 N–H and O–H groups in total. The van der Waals surface area contributed by atoms with Crippen molar-refractivity contribution < 1.29 is 23.8 Å². The highest BCUT2D eigenvalue weighted by molar-refractivity contribution is 6.00. The first kappa shape index (κ1) is 14.4. The van der Waals surface area contributed by atoms with Crippen molar-refractivity contribution in [2.24, 2.45) is 11.8 Å². The van der Waals surface area contributed by atoms with Gasteiger partial charge >= 0.3 is 5.97 Å². The number of ether oxygens (including phenoxy) is 3. The number of hydrogen-bond acceptors (Lipinski definition) is 5. The monoisotopic (exact) mass is 278 g/mol. The largest absolute Gasteiger partial charge is 0.497 e. The minimum absolute atomic E-state index is 0.0463. The Morgan fingerprint density at radius 3 is 2.50 bits per heavy atom. The third kappa shape index (κ3) is 3.10. The Hall–Kier alpha value is -2.04. The second-order valence-corrected chi connectivity index (χ2v) is 4.92. The Kier molecular flexibility index (Phi) is 4.27. The van der Waals surface area contributed by atoms with Crippen LogP contribution in [0.15, 0.2) is 18.2 Å². The number of rotatable bonds is 6. The lowest BCUT2D eigenvalue weighted by molar-refractivity contribution is -0.144. The van der Waals surface area contributed by atoms with Gasteiger partial charge in [-0.05, 0) is 30.5 Å². The molecular weight excluding hydrogens is 260 g/mol. The lowest BCUT2D eigenvalue weighted by Gasteiger charge is -2.10. The molecule has 0 aromatic heterocycles. The zero-order valence-electron chi connectivity index (χ0n) is 11.8. The highest BCUT2D eigenvalue weighted by atomic mass is 16.5. The number of Topliss-reactive ketones (excluding diaryl/α,β-unsaturated/α-hetero) is 1. The second kappa shape index (κ2) is 5.94. The van der Waals surface area contributed by atoms with Crippen LogP contribution >= 0.6 is 0 Å². The molecule has 5 heteroatoms. The summed E-state index contributed by atoms with van der Waals surface area (Å²) in [6.07, 6.45) is 0.843. The molecule has 108 valence electrons. The Morgan fingerprint density at radius 2 is 1.95 bits per heavy atom. The fraction of sp³-hybridized carbons (Fsp3) is 0.467. The number of carbonyl (C=O) groups excluding carboxylic acids is 2. The maximum absolute atomic E-state index is 12.1. The summed E-state index contributed by atoms with van der Waals surface area (Å²) in [6, 6.07) is 4.93. The quantitative estimate of drug-likeness (QED) is 0.589. The van der Waals surface area contributed by atoms with Gasteiger partial charge in [0.25, 0.3) is 0 Å². The molecule has 1 aliphatic carbocycles. The van der Waals surface area contributed by atoms with Crippen molar-refractivity contribution in [1.82, 2.24) is 0 Å². The molecule has 0 amide bonds. The van der Waals surface area contributed by atoms with E-state index in [0.717, 1.165) is 6.42 Å². The molecule has 1 aromatic rings. The number of benzene rings is 1. The fourth-order valence-corrected chi connectivity index (χ4v) is 2.00.